The van der Waals surface area contributed by atoms with Gasteiger partial charge in [-0.05, 0) is 19.9 Å². The van der Waals surface area contributed by atoms with Crippen LogP contribution in [0.2, 0.25) is 0 Å². The zero-order valence-corrected chi connectivity index (χ0v) is 11.1. The fourth-order valence-electron chi connectivity index (χ4n) is 1.63. The molecule has 0 aliphatic carbocycles. The maximum absolute atomic E-state index is 11.7. The third kappa shape index (κ3) is 4.53. The Morgan fingerprint density at radius 3 is 2.58 bits per heavy atom. The van der Waals surface area contributed by atoms with Gasteiger partial charge in [0.1, 0.15) is 12.0 Å². The van der Waals surface area contributed by atoms with Crippen molar-refractivity contribution >= 4 is 17.4 Å². The molecule has 19 heavy (non-hydrogen) atoms. The normalized spacial score (nSPS) is 10.0. The molecular weight excluding hydrogens is 248 g/mol. The predicted octanol–water partition coefficient (Wildman–Crippen LogP) is 1.66. The van der Waals surface area contributed by atoms with Crippen LogP contribution in [0.15, 0.2) is 18.3 Å². The first-order valence-electron chi connectivity index (χ1n) is 6.20. The number of anilines is 1. The van der Waals surface area contributed by atoms with Gasteiger partial charge < -0.3 is 10.2 Å². The molecule has 7 nitrogen and oxygen atoms in total. The molecule has 0 aliphatic heterocycles. The third-order valence-corrected chi connectivity index (χ3v) is 2.72. The molecule has 0 spiro atoms. The number of carbonyl (C=O) groups is 1. The molecule has 0 atom stereocenters. The zero-order chi connectivity index (χ0) is 14.3. The Balaban J connectivity index is 2.41. The number of pyridine rings is 1. The second kappa shape index (κ2) is 7.30. The van der Waals surface area contributed by atoms with Crippen molar-refractivity contribution in [3.8, 4) is 0 Å². The summed E-state index contributed by atoms with van der Waals surface area (Å²) in [7, 11) is 0. The van der Waals surface area contributed by atoms with Gasteiger partial charge in [0.25, 0.3) is 5.69 Å². The molecule has 104 valence electrons. The number of amides is 1. The van der Waals surface area contributed by atoms with E-state index in [4.69, 9.17) is 0 Å². The average molecular weight is 266 g/mol. The summed E-state index contributed by atoms with van der Waals surface area (Å²) < 4.78 is 0. The average Bonchev–Trinajstić information content (AvgIpc) is 2.40. The van der Waals surface area contributed by atoms with Crippen molar-refractivity contribution in [2.24, 2.45) is 0 Å². The standard InChI is InChI=1S/C12H18N4O3/c1-3-15(4-2)12(17)7-8-13-11-6-5-10(9-14-11)16(18)19/h5-6,9H,3-4,7-8H2,1-2H3,(H,13,14). The molecule has 1 amide bonds. The molecule has 1 aromatic heterocycles. The lowest BCUT2D eigenvalue weighted by Crippen LogP contribution is -2.31. The van der Waals surface area contributed by atoms with Crippen LogP contribution in [0.25, 0.3) is 0 Å². The quantitative estimate of drug-likeness (QED) is 0.599. The molecule has 0 saturated carbocycles. The van der Waals surface area contributed by atoms with Crippen LogP contribution in [-0.2, 0) is 4.79 Å². The molecule has 0 saturated heterocycles. The van der Waals surface area contributed by atoms with Gasteiger partial charge in [0, 0.05) is 32.1 Å². The number of nitrogens with zero attached hydrogens (tertiary/aromatic N) is 3. The van der Waals surface area contributed by atoms with E-state index in [-0.39, 0.29) is 11.6 Å². The van der Waals surface area contributed by atoms with Crippen LogP contribution in [0.4, 0.5) is 11.5 Å². The van der Waals surface area contributed by atoms with E-state index in [1.807, 2.05) is 13.8 Å². The molecular formula is C12H18N4O3. The number of carbonyl (C=O) groups excluding carboxylic acids is 1. The Hall–Kier alpha value is -2.18. The summed E-state index contributed by atoms with van der Waals surface area (Å²) in [5.74, 6) is 0.609. The largest absolute Gasteiger partial charge is 0.370 e. The van der Waals surface area contributed by atoms with Gasteiger partial charge in [-0.2, -0.15) is 0 Å². The Morgan fingerprint density at radius 1 is 1.42 bits per heavy atom. The van der Waals surface area contributed by atoms with E-state index < -0.39 is 4.92 Å². The lowest BCUT2D eigenvalue weighted by atomic mass is 10.3. The van der Waals surface area contributed by atoms with E-state index >= 15 is 0 Å². The van der Waals surface area contributed by atoms with Crippen molar-refractivity contribution in [2.75, 3.05) is 25.0 Å². The van der Waals surface area contributed by atoms with Gasteiger partial charge in [-0.25, -0.2) is 4.98 Å². The van der Waals surface area contributed by atoms with Crippen LogP contribution in [0, 0.1) is 10.1 Å². The summed E-state index contributed by atoms with van der Waals surface area (Å²) in [5, 5.41) is 13.4. The zero-order valence-electron chi connectivity index (χ0n) is 11.1. The number of hydrogen-bond donors (Lipinski definition) is 1. The van der Waals surface area contributed by atoms with Gasteiger partial charge in [-0.1, -0.05) is 0 Å². The molecule has 1 N–H and O–H groups in total. The first-order valence-corrected chi connectivity index (χ1v) is 6.20. The van der Waals surface area contributed by atoms with Crippen LogP contribution in [0.1, 0.15) is 20.3 Å². The van der Waals surface area contributed by atoms with Crippen molar-refractivity contribution in [2.45, 2.75) is 20.3 Å². The Labute approximate surface area is 111 Å². The molecule has 0 aromatic carbocycles. The minimum absolute atomic E-state index is 0.0511. The Morgan fingerprint density at radius 2 is 2.11 bits per heavy atom. The van der Waals surface area contributed by atoms with Crippen LogP contribution in [-0.4, -0.2) is 40.3 Å². The first-order chi connectivity index (χ1) is 9.08. The summed E-state index contributed by atoms with van der Waals surface area (Å²) in [6.45, 7) is 5.73. The number of aromatic nitrogens is 1. The highest BCUT2D eigenvalue weighted by Gasteiger charge is 2.09. The van der Waals surface area contributed by atoms with Crippen LogP contribution >= 0.6 is 0 Å². The summed E-state index contributed by atoms with van der Waals surface area (Å²) in [6.07, 6.45) is 1.56. The molecule has 0 fully saturated rings. The number of hydrogen-bond acceptors (Lipinski definition) is 5. The van der Waals surface area contributed by atoms with Gasteiger partial charge >= 0.3 is 0 Å². The first kappa shape index (κ1) is 14.9. The van der Waals surface area contributed by atoms with Gasteiger partial charge in [0.05, 0.1) is 4.92 Å². The second-order valence-electron chi connectivity index (χ2n) is 3.90. The monoisotopic (exact) mass is 266 g/mol. The minimum Gasteiger partial charge on any atom is -0.370 e. The fourth-order valence-corrected chi connectivity index (χ4v) is 1.63. The van der Waals surface area contributed by atoms with E-state index in [1.54, 1.807) is 4.90 Å². The van der Waals surface area contributed by atoms with Crippen LogP contribution in [0.3, 0.4) is 0 Å². The van der Waals surface area contributed by atoms with Crippen LogP contribution < -0.4 is 5.32 Å². The fraction of sp³-hybridized carbons (Fsp3) is 0.500. The van der Waals surface area contributed by atoms with E-state index in [0.29, 0.717) is 31.9 Å². The molecule has 1 heterocycles. The second-order valence-corrected chi connectivity index (χ2v) is 3.90. The number of rotatable bonds is 7. The topological polar surface area (TPSA) is 88.4 Å². The highest BCUT2D eigenvalue weighted by Crippen LogP contribution is 2.11. The molecule has 0 bridgehead atoms. The third-order valence-electron chi connectivity index (χ3n) is 2.72. The minimum atomic E-state index is -0.499. The molecule has 1 rings (SSSR count). The number of nitro groups is 1. The lowest BCUT2D eigenvalue weighted by Gasteiger charge is -2.18. The van der Waals surface area contributed by atoms with Gasteiger partial charge in [-0.15, -0.1) is 0 Å². The van der Waals surface area contributed by atoms with E-state index in [0.717, 1.165) is 0 Å². The van der Waals surface area contributed by atoms with Crippen molar-refractivity contribution in [3.63, 3.8) is 0 Å². The molecule has 0 aliphatic rings. The van der Waals surface area contributed by atoms with E-state index in [2.05, 4.69) is 10.3 Å². The van der Waals surface area contributed by atoms with Crippen molar-refractivity contribution in [1.29, 1.82) is 0 Å². The van der Waals surface area contributed by atoms with Crippen molar-refractivity contribution in [3.05, 3.63) is 28.4 Å². The van der Waals surface area contributed by atoms with E-state index in [1.165, 1.54) is 18.3 Å². The molecule has 0 unspecified atom stereocenters. The van der Waals surface area contributed by atoms with Gasteiger partial charge in [-0.3, -0.25) is 14.9 Å². The predicted molar refractivity (Wildman–Crippen MR) is 71.9 cm³/mol. The molecule has 7 heteroatoms. The lowest BCUT2D eigenvalue weighted by molar-refractivity contribution is -0.385. The molecule has 0 radical (unpaired) electrons. The Bertz CT molecular complexity index is 429. The molecule has 1 aromatic rings. The van der Waals surface area contributed by atoms with Gasteiger partial charge in [0.2, 0.25) is 5.91 Å². The van der Waals surface area contributed by atoms with Crippen molar-refractivity contribution in [1.82, 2.24) is 9.88 Å². The summed E-state index contributed by atoms with van der Waals surface area (Å²) in [5.41, 5.74) is -0.0511. The number of nitrogens with one attached hydrogen (secondary N) is 1. The van der Waals surface area contributed by atoms with Crippen molar-refractivity contribution < 1.29 is 9.72 Å². The van der Waals surface area contributed by atoms with Gasteiger partial charge in [0.15, 0.2) is 0 Å². The summed E-state index contributed by atoms with van der Waals surface area (Å²) in [4.78, 5) is 27.3. The summed E-state index contributed by atoms with van der Waals surface area (Å²) >= 11 is 0. The van der Waals surface area contributed by atoms with Crippen LogP contribution in [0.5, 0.6) is 0 Å². The highest BCUT2D eigenvalue weighted by atomic mass is 16.6. The highest BCUT2D eigenvalue weighted by molar-refractivity contribution is 5.76. The maximum Gasteiger partial charge on any atom is 0.287 e. The summed E-state index contributed by atoms with van der Waals surface area (Å²) in [6, 6.07) is 2.90. The Kier molecular flexibility index (Phi) is 5.72. The smallest absolute Gasteiger partial charge is 0.287 e. The SMILES string of the molecule is CCN(CC)C(=O)CCNc1ccc([N+](=O)[O-])cn1. The maximum atomic E-state index is 11.7. The van der Waals surface area contributed by atoms with E-state index in [9.17, 15) is 14.9 Å².